The molecule has 0 fully saturated rings. The van der Waals surface area contributed by atoms with Gasteiger partial charge in [-0.15, -0.1) is 0 Å². The SMILES string of the molecule is COC(=O)[C@@H]1CC(C)=CN1C(=O)c1ccccc1. The molecule has 0 aliphatic carbocycles. The minimum Gasteiger partial charge on any atom is -0.467 e. The van der Waals surface area contributed by atoms with E-state index < -0.39 is 6.04 Å². The van der Waals surface area contributed by atoms with Crippen molar-refractivity contribution in [1.29, 1.82) is 0 Å². The first kappa shape index (κ1) is 12.4. The molecule has 0 N–H and O–H groups in total. The monoisotopic (exact) mass is 245 g/mol. The standard InChI is InChI=1S/C14H15NO3/c1-10-8-12(14(17)18-2)15(9-10)13(16)11-6-4-3-5-7-11/h3-7,9,12H,8H2,1-2H3/t12-/m0/s1. The Balaban J connectivity index is 2.25. The van der Waals surface area contributed by atoms with Gasteiger partial charge in [0.2, 0.25) is 0 Å². The molecule has 0 saturated carbocycles. The number of carbonyl (C=O) groups excluding carboxylic acids is 2. The fraction of sp³-hybridized carbons (Fsp3) is 0.286. The zero-order chi connectivity index (χ0) is 13.1. The van der Waals surface area contributed by atoms with Gasteiger partial charge in [0, 0.05) is 18.2 Å². The quantitative estimate of drug-likeness (QED) is 0.748. The molecule has 0 unspecified atom stereocenters. The number of amides is 1. The molecule has 4 nitrogen and oxygen atoms in total. The Morgan fingerprint density at radius 3 is 2.56 bits per heavy atom. The first-order valence-corrected chi connectivity index (χ1v) is 5.76. The van der Waals surface area contributed by atoms with Crippen molar-refractivity contribution in [3.63, 3.8) is 0 Å². The summed E-state index contributed by atoms with van der Waals surface area (Å²) in [5, 5.41) is 0. The van der Waals surface area contributed by atoms with Crippen molar-refractivity contribution in [1.82, 2.24) is 4.90 Å². The van der Waals surface area contributed by atoms with Gasteiger partial charge in [-0.05, 0) is 19.1 Å². The van der Waals surface area contributed by atoms with Gasteiger partial charge in [-0.1, -0.05) is 23.8 Å². The Morgan fingerprint density at radius 1 is 1.28 bits per heavy atom. The molecule has 1 aromatic rings. The highest BCUT2D eigenvalue weighted by Crippen LogP contribution is 2.24. The lowest BCUT2D eigenvalue weighted by atomic mass is 10.1. The van der Waals surface area contributed by atoms with E-state index in [4.69, 9.17) is 4.74 Å². The molecule has 1 aromatic carbocycles. The lowest BCUT2D eigenvalue weighted by Gasteiger charge is -2.21. The highest BCUT2D eigenvalue weighted by Gasteiger charge is 2.34. The van der Waals surface area contributed by atoms with E-state index >= 15 is 0 Å². The summed E-state index contributed by atoms with van der Waals surface area (Å²) in [6.07, 6.45) is 2.25. The van der Waals surface area contributed by atoms with Gasteiger partial charge in [-0.2, -0.15) is 0 Å². The Bertz CT molecular complexity index is 493. The van der Waals surface area contributed by atoms with Crippen molar-refractivity contribution in [2.24, 2.45) is 0 Å². The topological polar surface area (TPSA) is 46.6 Å². The molecule has 0 saturated heterocycles. The average molecular weight is 245 g/mol. The normalized spacial score (nSPS) is 18.4. The molecule has 1 heterocycles. The van der Waals surface area contributed by atoms with Crippen LogP contribution in [0.3, 0.4) is 0 Å². The van der Waals surface area contributed by atoms with Crippen LogP contribution >= 0.6 is 0 Å². The van der Waals surface area contributed by atoms with Crippen molar-refractivity contribution in [2.45, 2.75) is 19.4 Å². The number of hydrogen-bond donors (Lipinski definition) is 0. The Labute approximate surface area is 106 Å². The van der Waals surface area contributed by atoms with Crippen LogP contribution < -0.4 is 0 Å². The highest BCUT2D eigenvalue weighted by molar-refractivity contribution is 5.98. The number of hydrogen-bond acceptors (Lipinski definition) is 3. The maximum Gasteiger partial charge on any atom is 0.329 e. The van der Waals surface area contributed by atoms with Gasteiger partial charge in [-0.3, -0.25) is 4.79 Å². The molecule has 94 valence electrons. The first-order chi connectivity index (χ1) is 8.63. The van der Waals surface area contributed by atoms with Gasteiger partial charge < -0.3 is 9.64 Å². The summed E-state index contributed by atoms with van der Waals surface area (Å²) in [6.45, 7) is 1.90. The molecular weight excluding hydrogens is 230 g/mol. The zero-order valence-corrected chi connectivity index (χ0v) is 10.4. The van der Waals surface area contributed by atoms with Crippen LogP contribution in [0.2, 0.25) is 0 Å². The first-order valence-electron chi connectivity index (χ1n) is 5.76. The van der Waals surface area contributed by atoms with E-state index in [0.717, 1.165) is 5.57 Å². The number of ether oxygens (including phenoxy) is 1. The van der Waals surface area contributed by atoms with E-state index in [1.807, 2.05) is 13.0 Å². The van der Waals surface area contributed by atoms with Crippen molar-refractivity contribution in [3.8, 4) is 0 Å². The molecule has 0 aromatic heterocycles. The van der Waals surface area contributed by atoms with E-state index in [-0.39, 0.29) is 11.9 Å². The molecular formula is C14H15NO3. The number of methoxy groups -OCH3 is 1. The summed E-state index contributed by atoms with van der Waals surface area (Å²) in [7, 11) is 1.33. The summed E-state index contributed by atoms with van der Waals surface area (Å²) in [5.74, 6) is -0.560. The van der Waals surface area contributed by atoms with Crippen molar-refractivity contribution in [2.75, 3.05) is 7.11 Å². The van der Waals surface area contributed by atoms with E-state index in [1.54, 1.807) is 30.5 Å². The molecule has 2 rings (SSSR count). The number of rotatable bonds is 2. The minimum absolute atomic E-state index is 0.178. The minimum atomic E-state index is -0.539. The van der Waals surface area contributed by atoms with Crippen LogP contribution in [0.1, 0.15) is 23.7 Å². The predicted octanol–water partition coefficient (Wildman–Crippen LogP) is 1.98. The molecule has 1 aliphatic rings. The number of carbonyl (C=O) groups is 2. The van der Waals surface area contributed by atoms with Gasteiger partial charge in [0.25, 0.3) is 5.91 Å². The average Bonchev–Trinajstić information content (AvgIpc) is 2.80. The van der Waals surface area contributed by atoms with Gasteiger partial charge in [0.15, 0.2) is 0 Å². The third-order valence-electron chi connectivity index (χ3n) is 2.94. The van der Waals surface area contributed by atoms with Gasteiger partial charge in [0.05, 0.1) is 7.11 Å². The summed E-state index contributed by atoms with van der Waals surface area (Å²) in [5.41, 5.74) is 1.56. The molecule has 0 radical (unpaired) electrons. The fourth-order valence-electron chi connectivity index (χ4n) is 2.05. The van der Waals surface area contributed by atoms with Gasteiger partial charge in [-0.25, -0.2) is 4.79 Å². The van der Waals surface area contributed by atoms with E-state index in [0.29, 0.717) is 12.0 Å². The molecule has 1 aliphatic heterocycles. The van der Waals surface area contributed by atoms with Crippen LogP contribution in [0.5, 0.6) is 0 Å². The third kappa shape index (κ3) is 2.27. The number of benzene rings is 1. The van der Waals surface area contributed by atoms with Crippen LogP contribution in [0, 0.1) is 0 Å². The van der Waals surface area contributed by atoms with Gasteiger partial charge in [0.1, 0.15) is 6.04 Å². The lowest BCUT2D eigenvalue weighted by Crippen LogP contribution is -2.39. The second-order valence-corrected chi connectivity index (χ2v) is 4.30. The van der Waals surface area contributed by atoms with Crippen LogP contribution in [-0.4, -0.2) is 29.9 Å². The Hall–Kier alpha value is -2.10. The number of nitrogens with zero attached hydrogens (tertiary/aromatic N) is 1. The van der Waals surface area contributed by atoms with E-state index in [1.165, 1.54) is 12.0 Å². The summed E-state index contributed by atoms with van der Waals surface area (Å²) in [4.78, 5) is 25.4. The van der Waals surface area contributed by atoms with Crippen molar-refractivity contribution in [3.05, 3.63) is 47.7 Å². The van der Waals surface area contributed by atoms with E-state index in [9.17, 15) is 9.59 Å². The molecule has 0 bridgehead atoms. The largest absolute Gasteiger partial charge is 0.467 e. The predicted molar refractivity (Wildman–Crippen MR) is 66.8 cm³/mol. The van der Waals surface area contributed by atoms with Crippen LogP contribution in [0.25, 0.3) is 0 Å². The van der Waals surface area contributed by atoms with Crippen molar-refractivity contribution < 1.29 is 14.3 Å². The maximum atomic E-state index is 12.3. The third-order valence-corrected chi connectivity index (χ3v) is 2.94. The summed E-state index contributed by atoms with van der Waals surface area (Å²) >= 11 is 0. The number of esters is 1. The van der Waals surface area contributed by atoms with Crippen LogP contribution in [0.4, 0.5) is 0 Å². The maximum absolute atomic E-state index is 12.3. The van der Waals surface area contributed by atoms with Gasteiger partial charge >= 0.3 is 5.97 Å². The summed E-state index contributed by atoms with van der Waals surface area (Å²) < 4.78 is 4.73. The van der Waals surface area contributed by atoms with Crippen LogP contribution in [-0.2, 0) is 9.53 Å². The molecule has 18 heavy (non-hydrogen) atoms. The molecule has 4 heteroatoms. The molecule has 1 amide bonds. The van der Waals surface area contributed by atoms with E-state index in [2.05, 4.69) is 0 Å². The smallest absolute Gasteiger partial charge is 0.329 e. The summed E-state index contributed by atoms with van der Waals surface area (Å²) in [6, 6.07) is 8.37. The second kappa shape index (κ2) is 5.04. The zero-order valence-electron chi connectivity index (χ0n) is 10.4. The molecule has 0 spiro atoms. The Morgan fingerprint density at radius 2 is 1.94 bits per heavy atom. The second-order valence-electron chi connectivity index (χ2n) is 4.30. The lowest BCUT2D eigenvalue weighted by molar-refractivity contribution is -0.144. The Kier molecular flexibility index (Phi) is 3.46. The fourth-order valence-corrected chi connectivity index (χ4v) is 2.05. The highest BCUT2D eigenvalue weighted by atomic mass is 16.5. The van der Waals surface area contributed by atoms with Crippen molar-refractivity contribution >= 4 is 11.9 Å². The molecule has 1 atom stereocenters. The van der Waals surface area contributed by atoms with Crippen LogP contribution in [0.15, 0.2) is 42.1 Å².